The molecule has 4 heteroatoms. The number of nitrogens with one attached hydrogen (secondary N) is 1. The van der Waals surface area contributed by atoms with Crippen molar-refractivity contribution in [3.05, 3.63) is 0 Å². The van der Waals surface area contributed by atoms with Crippen LogP contribution in [0.1, 0.15) is 19.3 Å². The zero-order valence-corrected chi connectivity index (χ0v) is 10.9. The van der Waals surface area contributed by atoms with E-state index in [9.17, 15) is 0 Å². The molecule has 0 spiro atoms. The van der Waals surface area contributed by atoms with Gasteiger partial charge in [-0.3, -0.25) is 4.90 Å². The van der Waals surface area contributed by atoms with E-state index in [-0.39, 0.29) is 0 Å². The summed E-state index contributed by atoms with van der Waals surface area (Å²) in [6.07, 6.45) is 4.16. The van der Waals surface area contributed by atoms with E-state index >= 15 is 0 Å². The normalized spacial score (nSPS) is 40.4. The third-order valence-corrected chi connectivity index (χ3v) is 4.71. The van der Waals surface area contributed by atoms with Crippen LogP contribution in [0.3, 0.4) is 0 Å². The molecule has 3 atom stereocenters. The van der Waals surface area contributed by atoms with Crippen LogP contribution in [0, 0.1) is 0 Å². The Balaban J connectivity index is 1.54. The van der Waals surface area contributed by atoms with E-state index in [1.165, 1.54) is 32.4 Å². The van der Waals surface area contributed by atoms with E-state index in [0.29, 0.717) is 6.04 Å². The van der Waals surface area contributed by atoms with Gasteiger partial charge >= 0.3 is 0 Å². The fourth-order valence-electron chi connectivity index (χ4n) is 3.59. The molecule has 3 unspecified atom stereocenters. The molecule has 1 N–H and O–H groups in total. The van der Waals surface area contributed by atoms with Gasteiger partial charge in [0.05, 0.1) is 13.2 Å². The quantitative estimate of drug-likeness (QED) is 0.742. The molecule has 0 radical (unpaired) electrons. The first-order valence-electron chi connectivity index (χ1n) is 7.08. The van der Waals surface area contributed by atoms with Crippen molar-refractivity contribution in [2.45, 2.75) is 37.4 Å². The van der Waals surface area contributed by atoms with E-state index < -0.39 is 0 Å². The number of likely N-dealkylation sites (N-methyl/N-ethyl adjacent to an activating group) is 1. The van der Waals surface area contributed by atoms with Crippen LogP contribution in [0.5, 0.6) is 0 Å². The summed E-state index contributed by atoms with van der Waals surface area (Å²) < 4.78 is 5.54. The van der Waals surface area contributed by atoms with Gasteiger partial charge in [0, 0.05) is 37.8 Å². The molecular weight excluding hydrogens is 214 g/mol. The molecule has 17 heavy (non-hydrogen) atoms. The SMILES string of the molecule is CN1C2CCC1CN(CC1COCCN1)CC2. The Hall–Kier alpha value is -0.160. The Morgan fingerprint density at radius 3 is 2.94 bits per heavy atom. The second-order valence-electron chi connectivity index (χ2n) is 5.82. The molecule has 0 saturated carbocycles. The average Bonchev–Trinajstić information content (AvgIpc) is 2.59. The summed E-state index contributed by atoms with van der Waals surface area (Å²) in [7, 11) is 2.31. The number of ether oxygens (including phenoxy) is 1. The smallest absolute Gasteiger partial charge is 0.0632 e. The molecule has 3 rings (SSSR count). The van der Waals surface area contributed by atoms with Crippen LogP contribution in [0.25, 0.3) is 0 Å². The molecule has 4 nitrogen and oxygen atoms in total. The predicted molar refractivity (Wildman–Crippen MR) is 68.2 cm³/mol. The van der Waals surface area contributed by atoms with E-state index in [0.717, 1.165) is 38.4 Å². The molecule has 3 aliphatic heterocycles. The Morgan fingerprint density at radius 2 is 2.12 bits per heavy atom. The molecule has 3 saturated heterocycles. The van der Waals surface area contributed by atoms with Gasteiger partial charge in [0.15, 0.2) is 0 Å². The molecule has 0 aliphatic carbocycles. The van der Waals surface area contributed by atoms with Crippen LogP contribution in [-0.4, -0.2) is 74.4 Å². The number of morpholine rings is 1. The van der Waals surface area contributed by atoms with Gasteiger partial charge in [-0.25, -0.2) is 0 Å². The van der Waals surface area contributed by atoms with E-state index in [2.05, 4.69) is 22.2 Å². The predicted octanol–water partition coefficient (Wildman–Crippen LogP) is 0.143. The number of likely N-dealkylation sites (tertiary alicyclic amines) is 1. The molecular formula is C13H25N3O. The summed E-state index contributed by atoms with van der Waals surface area (Å²) in [4.78, 5) is 5.26. The molecule has 0 amide bonds. The van der Waals surface area contributed by atoms with Gasteiger partial charge in [-0.2, -0.15) is 0 Å². The van der Waals surface area contributed by atoms with Crippen molar-refractivity contribution < 1.29 is 4.74 Å². The molecule has 3 aliphatic rings. The third-order valence-electron chi connectivity index (χ3n) is 4.71. The first kappa shape index (κ1) is 11.9. The van der Waals surface area contributed by atoms with E-state index in [1.54, 1.807) is 0 Å². The van der Waals surface area contributed by atoms with Crippen molar-refractivity contribution in [2.75, 3.05) is 46.4 Å². The molecule has 0 aromatic rings. The highest BCUT2D eigenvalue weighted by Crippen LogP contribution is 2.28. The largest absolute Gasteiger partial charge is 0.378 e. The molecule has 3 heterocycles. The van der Waals surface area contributed by atoms with Gasteiger partial charge in [0.25, 0.3) is 0 Å². The minimum absolute atomic E-state index is 0.547. The minimum Gasteiger partial charge on any atom is -0.378 e. The van der Waals surface area contributed by atoms with Gasteiger partial charge in [-0.15, -0.1) is 0 Å². The van der Waals surface area contributed by atoms with Crippen LogP contribution in [0.15, 0.2) is 0 Å². The van der Waals surface area contributed by atoms with Gasteiger partial charge in [0.1, 0.15) is 0 Å². The lowest BCUT2D eigenvalue weighted by Crippen LogP contribution is -2.50. The van der Waals surface area contributed by atoms with Crippen LogP contribution in [0.2, 0.25) is 0 Å². The van der Waals surface area contributed by atoms with Gasteiger partial charge in [-0.1, -0.05) is 0 Å². The Bertz CT molecular complexity index is 255. The maximum absolute atomic E-state index is 5.54. The highest BCUT2D eigenvalue weighted by molar-refractivity contribution is 4.92. The van der Waals surface area contributed by atoms with Gasteiger partial charge in [-0.05, 0) is 32.9 Å². The van der Waals surface area contributed by atoms with E-state index in [1.807, 2.05) is 0 Å². The van der Waals surface area contributed by atoms with Crippen molar-refractivity contribution in [1.29, 1.82) is 0 Å². The zero-order chi connectivity index (χ0) is 11.7. The summed E-state index contributed by atoms with van der Waals surface area (Å²) in [6.45, 7) is 6.47. The number of fused-ring (bicyclic) bond motifs is 2. The zero-order valence-electron chi connectivity index (χ0n) is 10.9. The Kier molecular flexibility index (Phi) is 3.66. The van der Waals surface area contributed by atoms with Crippen LogP contribution in [-0.2, 0) is 4.74 Å². The van der Waals surface area contributed by atoms with Crippen molar-refractivity contribution in [3.8, 4) is 0 Å². The van der Waals surface area contributed by atoms with Crippen LogP contribution in [0.4, 0.5) is 0 Å². The summed E-state index contributed by atoms with van der Waals surface area (Å²) in [5.74, 6) is 0. The highest BCUT2D eigenvalue weighted by Gasteiger charge is 2.35. The Labute approximate surface area is 104 Å². The maximum atomic E-state index is 5.54. The van der Waals surface area contributed by atoms with Crippen LogP contribution < -0.4 is 5.32 Å². The fourth-order valence-corrected chi connectivity index (χ4v) is 3.59. The van der Waals surface area contributed by atoms with Crippen LogP contribution >= 0.6 is 0 Å². The number of nitrogens with zero attached hydrogens (tertiary/aromatic N) is 2. The maximum Gasteiger partial charge on any atom is 0.0632 e. The molecule has 98 valence electrons. The molecule has 2 bridgehead atoms. The number of hydrogen-bond donors (Lipinski definition) is 1. The molecule has 3 fully saturated rings. The minimum atomic E-state index is 0.547. The van der Waals surface area contributed by atoms with Crippen molar-refractivity contribution in [1.82, 2.24) is 15.1 Å². The Morgan fingerprint density at radius 1 is 1.24 bits per heavy atom. The number of hydrogen-bond acceptors (Lipinski definition) is 4. The van der Waals surface area contributed by atoms with Gasteiger partial charge in [0.2, 0.25) is 0 Å². The second kappa shape index (κ2) is 5.22. The van der Waals surface area contributed by atoms with Crippen molar-refractivity contribution >= 4 is 0 Å². The second-order valence-corrected chi connectivity index (χ2v) is 5.82. The monoisotopic (exact) mass is 239 g/mol. The van der Waals surface area contributed by atoms with Gasteiger partial charge < -0.3 is 15.0 Å². The standard InChI is InChI=1S/C13H25N3O/c1-15-12-2-3-13(15)9-16(6-4-12)8-11-10-17-7-5-14-11/h11-14H,2-10H2,1H3. The highest BCUT2D eigenvalue weighted by atomic mass is 16.5. The lowest BCUT2D eigenvalue weighted by Gasteiger charge is -2.31. The first-order valence-corrected chi connectivity index (χ1v) is 7.08. The lowest BCUT2D eigenvalue weighted by atomic mass is 10.1. The summed E-state index contributed by atoms with van der Waals surface area (Å²) in [6, 6.07) is 2.19. The first-order chi connectivity index (χ1) is 8.33. The lowest BCUT2D eigenvalue weighted by molar-refractivity contribution is 0.0604. The average molecular weight is 239 g/mol. The fraction of sp³-hybridized carbons (Fsp3) is 1.00. The van der Waals surface area contributed by atoms with E-state index in [4.69, 9.17) is 4.74 Å². The van der Waals surface area contributed by atoms with Crippen molar-refractivity contribution in [3.63, 3.8) is 0 Å². The molecule has 0 aromatic carbocycles. The molecule has 0 aromatic heterocycles. The summed E-state index contributed by atoms with van der Waals surface area (Å²) >= 11 is 0. The third kappa shape index (κ3) is 2.65. The topological polar surface area (TPSA) is 27.7 Å². The number of rotatable bonds is 2. The van der Waals surface area contributed by atoms with Crippen molar-refractivity contribution in [2.24, 2.45) is 0 Å². The summed E-state index contributed by atoms with van der Waals surface area (Å²) in [5, 5.41) is 3.56. The summed E-state index contributed by atoms with van der Waals surface area (Å²) in [5.41, 5.74) is 0.